The number of sulfonamides is 1. The van der Waals surface area contributed by atoms with Crippen LogP contribution in [0.3, 0.4) is 0 Å². The minimum atomic E-state index is -3.20. The van der Waals surface area contributed by atoms with Crippen molar-refractivity contribution in [2.75, 3.05) is 39.1 Å². The average molecular weight is 378 g/mol. The van der Waals surface area contributed by atoms with E-state index in [-0.39, 0.29) is 29.7 Å². The zero-order valence-electron chi connectivity index (χ0n) is 15.1. The number of carbonyl (C=O) groups excluding carboxylic acids is 1. The van der Waals surface area contributed by atoms with E-state index in [9.17, 15) is 13.2 Å². The highest BCUT2D eigenvalue weighted by Gasteiger charge is 2.51. The standard InChI is InChI=1S/C19H26N2O4S/c1-26(23,24)20-11-16-12-21(19(22)15-7-9-25-10-8-15)18(17(16)13-20)14-5-3-2-4-6-14/h2-6,15-18H,7-13H2,1H3/t16-,17-,18+/m0/s1. The molecule has 26 heavy (non-hydrogen) atoms. The number of amides is 1. The Kier molecular flexibility index (Phi) is 4.79. The van der Waals surface area contributed by atoms with Crippen LogP contribution in [-0.2, 0) is 19.6 Å². The van der Waals surface area contributed by atoms with Crippen LogP contribution in [-0.4, -0.2) is 62.6 Å². The summed E-state index contributed by atoms with van der Waals surface area (Å²) in [6, 6.07) is 10.0. The topological polar surface area (TPSA) is 66.9 Å². The maximum absolute atomic E-state index is 13.2. The number of rotatable bonds is 3. The molecular weight excluding hydrogens is 352 g/mol. The Hall–Kier alpha value is -1.44. The Morgan fingerprint density at radius 2 is 1.77 bits per heavy atom. The van der Waals surface area contributed by atoms with Crippen LogP contribution in [0.15, 0.2) is 30.3 Å². The molecule has 0 spiro atoms. The molecule has 1 amide bonds. The zero-order chi connectivity index (χ0) is 18.3. The summed E-state index contributed by atoms with van der Waals surface area (Å²) in [5, 5.41) is 0. The largest absolute Gasteiger partial charge is 0.381 e. The molecule has 0 N–H and O–H groups in total. The first-order chi connectivity index (χ1) is 12.4. The molecule has 1 aromatic carbocycles. The molecule has 4 rings (SSSR count). The van der Waals surface area contributed by atoms with Crippen LogP contribution in [0.25, 0.3) is 0 Å². The quantitative estimate of drug-likeness (QED) is 0.800. The molecule has 0 aliphatic carbocycles. The highest BCUT2D eigenvalue weighted by Crippen LogP contribution is 2.46. The van der Waals surface area contributed by atoms with Gasteiger partial charge in [-0.2, -0.15) is 0 Å². The van der Waals surface area contributed by atoms with E-state index in [4.69, 9.17) is 4.74 Å². The van der Waals surface area contributed by atoms with Gasteiger partial charge in [-0.3, -0.25) is 4.79 Å². The summed E-state index contributed by atoms with van der Waals surface area (Å²) in [7, 11) is -3.20. The van der Waals surface area contributed by atoms with Crippen LogP contribution in [0.1, 0.15) is 24.4 Å². The summed E-state index contributed by atoms with van der Waals surface area (Å²) >= 11 is 0. The van der Waals surface area contributed by atoms with E-state index < -0.39 is 10.0 Å². The number of benzene rings is 1. The predicted octanol–water partition coefficient (Wildman–Crippen LogP) is 1.50. The minimum absolute atomic E-state index is 0.0276. The van der Waals surface area contributed by atoms with Crippen molar-refractivity contribution in [2.24, 2.45) is 17.8 Å². The van der Waals surface area contributed by atoms with Gasteiger partial charge in [0.1, 0.15) is 0 Å². The van der Waals surface area contributed by atoms with Crippen LogP contribution in [0.4, 0.5) is 0 Å². The first kappa shape index (κ1) is 17.9. The van der Waals surface area contributed by atoms with Gasteiger partial charge in [0.05, 0.1) is 12.3 Å². The van der Waals surface area contributed by atoms with Crippen LogP contribution < -0.4 is 0 Å². The minimum Gasteiger partial charge on any atom is -0.381 e. The van der Waals surface area contributed by atoms with E-state index in [1.165, 1.54) is 6.26 Å². The number of nitrogens with zero attached hydrogens (tertiary/aromatic N) is 2. The smallest absolute Gasteiger partial charge is 0.226 e. The molecule has 0 unspecified atom stereocenters. The van der Waals surface area contributed by atoms with Crippen molar-refractivity contribution in [3.63, 3.8) is 0 Å². The van der Waals surface area contributed by atoms with Crippen molar-refractivity contribution in [1.82, 2.24) is 9.21 Å². The predicted molar refractivity (Wildman–Crippen MR) is 97.8 cm³/mol. The molecule has 1 aromatic rings. The third-order valence-corrected chi connectivity index (χ3v) is 7.33. The molecule has 3 saturated heterocycles. The third-order valence-electron chi connectivity index (χ3n) is 6.09. The average Bonchev–Trinajstić information content (AvgIpc) is 3.20. The number of hydrogen-bond donors (Lipinski definition) is 0. The molecule has 3 aliphatic heterocycles. The lowest BCUT2D eigenvalue weighted by Gasteiger charge is -2.33. The monoisotopic (exact) mass is 378 g/mol. The second-order valence-electron chi connectivity index (χ2n) is 7.74. The number of carbonyl (C=O) groups is 1. The molecule has 6 nitrogen and oxygen atoms in total. The molecule has 0 saturated carbocycles. The van der Waals surface area contributed by atoms with E-state index in [1.807, 2.05) is 23.1 Å². The lowest BCUT2D eigenvalue weighted by atomic mass is 9.89. The van der Waals surface area contributed by atoms with Gasteiger partial charge in [-0.05, 0) is 24.3 Å². The molecule has 0 radical (unpaired) electrons. The number of likely N-dealkylation sites (tertiary alicyclic amines) is 1. The summed E-state index contributed by atoms with van der Waals surface area (Å²) in [6.45, 7) is 2.96. The Morgan fingerprint density at radius 1 is 1.08 bits per heavy atom. The first-order valence-electron chi connectivity index (χ1n) is 9.33. The molecule has 3 aliphatic rings. The Morgan fingerprint density at radius 3 is 2.42 bits per heavy atom. The normalized spacial score (nSPS) is 30.5. The third kappa shape index (κ3) is 3.28. The highest BCUT2D eigenvalue weighted by molar-refractivity contribution is 7.88. The van der Waals surface area contributed by atoms with E-state index in [2.05, 4.69) is 12.1 Å². The van der Waals surface area contributed by atoms with Crippen LogP contribution in [0.2, 0.25) is 0 Å². The van der Waals surface area contributed by atoms with Gasteiger partial charge in [-0.15, -0.1) is 0 Å². The summed E-state index contributed by atoms with van der Waals surface area (Å²) < 4.78 is 31.0. The highest BCUT2D eigenvalue weighted by atomic mass is 32.2. The molecule has 142 valence electrons. The molecule has 3 heterocycles. The van der Waals surface area contributed by atoms with Gasteiger partial charge in [0, 0.05) is 44.7 Å². The lowest BCUT2D eigenvalue weighted by molar-refractivity contribution is -0.140. The summed E-state index contributed by atoms with van der Waals surface area (Å²) in [4.78, 5) is 15.3. The van der Waals surface area contributed by atoms with Crippen molar-refractivity contribution in [2.45, 2.75) is 18.9 Å². The van der Waals surface area contributed by atoms with Crippen molar-refractivity contribution in [3.05, 3.63) is 35.9 Å². The second-order valence-corrected chi connectivity index (χ2v) is 9.72. The maximum atomic E-state index is 13.2. The van der Waals surface area contributed by atoms with Gasteiger partial charge in [-0.1, -0.05) is 30.3 Å². The Balaban J connectivity index is 1.62. The zero-order valence-corrected chi connectivity index (χ0v) is 15.9. The van der Waals surface area contributed by atoms with Gasteiger partial charge in [0.2, 0.25) is 15.9 Å². The van der Waals surface area contributed by atoms with E-state index in [0.717, 1.165) is 18.4 Å². The van der Waals surface area contributed by atoms with E-state index >= 15 is 0 Å². The van der Waals surface area contributed by atoms with E-state index in [1.54, 1.807) is 4.31 Å². The van der Waals surface area contributed by atoms with Crippen molar-refractivity contribution >= 4 is 15.9 Å². The molecule has 0 aromatic heterocycles. The number of ether oxygens (including phenoxy) is 1. The fraction of sp³-hybridized carbons (Fsp3) is 0.632. The van der Waals surface area contributed by atoms with Crippen LogP contribution >= 0.6 is 0 Å². The molecule has 3 fully saturated rings. The Labute approximate surface area is 155 Å². The first-order valence-corrected chi connectivity index (χ1v) is 11.2. The second kappa shape index (κ2) is 6.94. The fourth-order valence-corrected chi connectivity index (χ4v) is 5.66. The number of fused-ring (bicyclic) bond motifs is 1. The fourth-order valence-electron chi connectivity index (χ4n) is 4.76. The van der Waals surface area contributed by atoms with Gasteiger partial charge in [0.25, 0.3) is 0 Å². The summed E-state index contributed by atoms with van der Waals surface area (Å²) in [5.41, 5.74) is 1.11. The molecular formula is C19H26N2O4S. The van der Waals surface area contributed by atoms with Crippen molar-refractivity contribution < 1.29 is 17.9 Å². The van der Waals surface area contributed by atoms with Gasteiger partial charge in [-0.25, -0.2) is 12.7 Å². The lowest BCUT2D eigenvalue weighted by Crippen LogP contribution is -2.41. The maximum Gasteiger partial charge on any atom is 0.226 e. The molecule has 3 atom stereocenters. The van der Waals surface area contributed by atoms with Gasteiger partial charge in [0.15, 0.2) is 0 Å². The van der Waals surface area contributed by atoms with Crippen LogP contribution in [0.5, 0.6) is 0 Å². The van der Waals surface area contributed by atoms with E-state index in [0.29, 0.717) is 32.8 Å². The van der Waals surface area contributed by atoms with Gasteiger partial charge < -0.3 is 9.64 Å². The number of hydrogen-bond acceptors (Lipinski definition) is 4. The van der Waals surface area contributed by atoms with Gasteiger partial charge >= 0.3 is 0 Å². The summed E-state index contributed by atoms with van der Waals surface area (Å²) in [6.07, 6.45) is 2.83. The van der Waals surface area contributed by atoms with Crippen molar-refractivity contribution in [1.29, 1.82) is 0 Å². The molecule has 0 bridgehead atoms. The SMILES string of the molecule is CS(=O)(=O)N1C[C@H]2CN(C(=O)C3CCOCC3)[C@H](c3ccccc3)[C@H]2C1. The Bertz CT molecular complexity index is 761. The van der Waals surface area contributed by atoms with Crippen molar-refractivity contribution in [3.8, 4) is 0 Å². The molecule has 7 heteroatoms. The summed E-state index contributed by atoms with van der Waals surface area (Å²) in [5.74, 6) is 0.608. The van der Waals surface area contributed by atoms with Crippen LogP contribution in [0, 0.1) is 17.8 Å².